The van der Waals surface area contributed by atoms with Crippen LogP contribution in [0.1, 0.15) is 20.8 Å². The molecule has 0 aromatic heterocycles. The molecule has 84 valence electrons. The molecule has 0 aliphatic heterocycles. The average Bonchev–Trinajstić information content (AvgIpc) is 1.77. The fraction of sp³-hybridized carbons (Fsp3) is 0.857. The Bertz CT molecular complexity index is 194. The molecule has 0 aliphatic rings. The predicted molar refractivity (Wildman–Crippen MR) is 54.2 cm³/mol. The van der Waals surface area contributed by atoms with E-state index in [1.54, 1.807) is 20.8 Å². The van der Waals surface area contributed by atoms with Gasteiger partial charge in [0.1, 0.15) is 5.60 Å². The molecule has 0 rings (SSSR count). The second-order valence-electron chi connectivity index (χ2n) is 3.90. The van der Waals surface area contributed by atoms with Gasteiger partial charge in [-0.3, -0.25) is 0 Å². The predicted octanol–water partition coefficient (Wildman–Crippen LogP) is 1.37. The molecular weight excluding hydrogens is 237 g/mol. The number of hydrogen-bond acceptors (Lipinski definition) is 2. The zero-order valence-electron chi connectivity index (χ0n) is 9.44. The fourth-order valence-corrected chi connectivity index (χ4v) is 1.47. The third-order valence-corrected chi connectivity index (χ3v) is 1.72. The first-order valence-corrected chi connectivity index (χ1v) is 6.74. The number of amides is 1. The molecule has 15 heavy (non-hydrogen) atoms. The Labute approximate surface area is 122 Å². The Morgan fingerprint density at radius 1 is 1.40 bits per heavy atom. The molecule has 0 atom stereocenters. The van der Waals surface area contributed by atoms with Gasteiger partial charge in [0, 0.05) is 0 Å². The zero-order valence-corrected chi connectivity index (χ0v) is 12.6. The summed E-state index contributed by atoms with van der Waals surface area (Å²) in [4.78, 5) is 10.0. The Kier molecular flexibility index (Phi) is 9.60. The molecule has 8 heteroatoms. The van der Waals surface area contributed by atoms with E-state index in [-0.39, 0.29) is 0 Å². The number of carbonyl (C=O) groups is 1. The van der Waals surface area contributed by atoms with Crippen molar-refractivity contribution in [2.45, 2.75) is 32.9 Å². The van der Waals surface area contributed by atoms with Gasteiger partial charge < -0.3 is 10.5 Å². The van der Waals surface area contributed by atoms with E-state index >= 15 is 0 Å². The molecule has 0 spiro atoms. The van der Waals surface area contributed by atoms with Crippen LogP contribution in [-0.4, -0.2) is 74.0 Å². The first kappa shape index (κ1) is 18.1. The van der Waals surface area contributed by atoms with Gasteiger partial charge in [-0.1, -0.05) is 0 Å². The summed E-state index contributed by atoms with van der Waals surface area (Å²) < 4.78 is 38.2. The minimum atomic E-state index is -3.90. The molecule has 0 heterocycles. The van der Waals surface area contributed by atoms with Gasteiger partial charge in [-0.15, -0.1) is 0 Å². The normalized spacial score (nSPS) is 11.2. The quantitative estimate of drug-likeness (QED) is 0.715. The number of primary amides is 1. The summed E-state index contributed by atoms with van der Waals surface area (Å²) in [6, 6.07) is 0. The number of carbonyl (C=O) groups excluding carboxylic acids is 1. The molecule has 0 aliphatic carbocycles. The van der Waals surface area contributed by atoms with Gasteiger partial charge in [0.15, 0.2) is 0 Å². The van der Waals surface area contributed by atoms with E-state index in [9.17, 15) is 18.0 Å². The Balaban J connectivity index is 0. The van der Waals surface area contributed by atoms with Crippen LogP contribution in [-0.2, 0) is 4.74 Å². The molecule has 2 N–H and O–H groups in total. The van der Waals surface area contributed by atoms with Crippen molar-refractivity contribution in [3.8, 4) is 0 Å². The van der Waals surface area contributed by atoms with E-state index in [0.717, 1.165) is 0 Å². The Morgan fingerprint density at radius 3 is 1.80 bits per heavy atom. The maximum atomic E-state index is 11.1. The van der Waals surface area contributed by atoms with Crippen LogP contribution in [0.15, 0.2) is 0 Å². The monoisotopic (exact) mass is 251 g/mol. The zero-order chi connectivity index (χ0) is 12.7. The standard InChI is InChI=1S/C5H11NO2.C2H3BF3.K/c1-5(2,3)8-4(6)7;1-3-2(4,5)6;/h1-3H3,(H2,6,7);3H,1H2;. The summed E-state index contributed by atoms with van der Waals surface area (Å²) in [6.07, 6.45) is -4.63. The van der Waals surface area contributed by atoms with E-state index in [2.05, 4.69) is 4.74 Å². The number of rotatable bonds is 1. The van der Waals surface area contributed by atoms with Gasteiger partial charge in [0.25, 0.3) is 0 Å². The number of nitrogens with two attached hydrogens (primary N) is 1. The molecule has 0 radical (unpaired) electrons. The van der Waals surface area contributed by atoms with Crippen molar-refractivity contribution in [3.63, 3.8) is 0 Å². The Morgan fingerprint density at radius 2 is 1.80 bits per heavy atom. The van der Waals surface area contributed by atoms with Crippen molar-refractivity contribution in [2.75, 3.05) is 0 Å². The van der Waals surface area contributed by atoms with Gasteiger partial charge in [0.2, 0.25) is 0 Å². The number of hydrogen-bond donors (Lipinski definition) is 1. The molecule has 1 amide bonds. The molecular formula is C7H14BF3KNO2. The summed E-state index contributed by atoms with van der Waals surface area (Å²) in [6.45, 7) is 5.28. The SMILES string of the molecule is CC(C)(C)OC(N)=O.FC(F)(F)B[CH2][K]. The van der Waals surface area contributed by atoms with Crippen LogP contribution in [0.25, 0.3) is 0 Å². The van der Waals surface area contributed by atoms with Crippen LogP contribution >= 0.6 is 0 Å². The van der Waals surface area contributed by atoms with Crippen molar-refractivity contribution in [3.05, 3.63) is 0 Å². The van der Waals surface area contributed by atoms with Crippen molar-refractivity contribution in [1.29, 1.82) is 0 Å². The maximum absolute atomic E-state index is 11.1. The topological polar surface area (TPSA) is 52.3 Å². The Hall–Kier alpha value is 0.761. The average molecular weight is 251 g/mol. The summed E-state index contributed by atoms with van der Waals surface area (Å²) in [5.41, 5.74) is 4.26. The molecule has 0 saturated carbocycles. The first-order chi connectivity index (χ1) is 6.48. The number of ether oxygens (including phenoxy) is 1. The molecule has 0 bridgehead atoms. The third-order valence-electron chi connectivity index (χ3n) is 0.940. The first-order valence-electron chi connectivity index (χ1n) is 4.53. The van der Waals surface area contributed by atoms with Gasteiger partial charge in [0.05, 0.1) is 0 Å². The van der Waals surface area contributed by atoms with Crippen molar-refractivity contribution in [1.82, 2.24) is 0 Å². The van der Waals surface area contributed by atoms with Crippen molar-refractivity contribution < 1.29 is 22.7 Å². The van der Waals surface area contributed by atoms with E-state index < -0.39 is 25.0 Å². The number of halogens is 3. The molecule has 3 nitrogen and oxygen atoms in total. The van der Waals surface area contributed by atoms with Crippen LogP contribution in [0, 0.1) is 0 Å². The van der Waals surface area contributed by atoms with E-state index in [1.807, 2.05) is 0 Å². The summed E-state index contributed by atoms with van der Waals surface area (Å²) in [7, 11) is -0.576. The summed E-state index contributed by atoms with van der Waals surface area (Å²) in [5, 5.41) is 0. The van der Waals surface area contributed by atoms with Crippen LogP contribution < -0.4 is 5.73 Å². The van der Waals surface area contributed by atoms with E-state index in [1.165, 1.54) is 0 Å². The van der Waals surface area contributed by atoms with Gasteiger partial charge in [-0.05, 0) is 20.8 Å². The van der Waals surface area contributed by atoms with Crippen LogP contribution in [0.5, 0.6) is 0 Å². The van der Waals surface area contributed by atoms with Gasteiger partial charge in [-0.25, -0.2) is 4.79 Å². The van der Waals surface area contributed by atoms with E-state index in [0.29, 0.717) is 49.4 Å². The molecule has 0 fully saturated rings. The second kappa shape index (κ2) is 7.94. The van der Waals surface area contributed by atoms with Crippen LogP contribution in [0.2, 0.25) is 0.415 Å². The number of alkyl halides is 3. The van der Waals surface area contributed by atoms with Crippen LogP contribution in [0.3, 0.4) is 0 Å². The van der Waals surface area contributed by atoms with Crippen LogP contribution in [0.4, 0.5) is 18.0 Å². The third kappa shape index (κ3) is 25.2. The molecule has 0 unspecified atom stereocenters. The van der Waals surface area contributed by atoms with E-state index in [4.69, 9.17) is 5.73 Å². The van der Waals surface area contributed by atoms with Crippen molar-refractivity contribution in [2.24, 2.45) is 5.73 Å². The molecule has 0 saturated heterocycles. The summed E-state index contributed by atoms with van der Waals surface area (Å²) >= 11 is 0.350. The van der Waals surface area contributed by atoms with Gasteiger partial charge >= 0.3 is 82.0 Å². The molecule has 0 aromatic rings. The fourth-order valence-electron chi connectivity index (χ4n) is 0.585. The molecule has 0 aromatic carbocycles. The second-order valence-corrected chi connectivity index (χ2v) is 5.46. The van der Waals surface area contributed by atoms with Crippen molar-refractivity contribution >= 4 is 62.3 Å². The van der Waals surface area contributed by atoms with Gasteiger partial charge in [-0.2, -0.15) is 0 Å². The summed E-state index contributed by atoms with van der Waals surface area (Å²) in [5.74, 6) is 0. The minimum absolute atomic E-state index is 0.350.